The molecule has 1 aromatic rings. The molecule has 0 aliphatic carbocycles. The van der Waals surface area contributed by atoms with E-state index in [2.05, 4.69) is 5.32 Å². The average Bonchev–Trinajstić information content (AvgIpc) is 2.35. The zero-order valence-corrected chi connectivity index (χ0v) is 11.1. The molecule has 1 aromatic carbocycles. The quantitative estimate of drug-likeness (QED) is 0.848. The van der Waals surface area contributed by atoms with Crippen molar-refractivity contribution in [2.45, 2.75) is 13.1 Å². The van der Waals surface area contributed by atoms with Gasteiger partial charge in [0.05, 0.1) is 17.7 Å². The largest absolute Gasteiger partial charge is 0.416 e. The van der Waals surface area contributed by atoms with Crippen LogP contribution < -0.4 is 5.32 Å². The minimum atomic E-state index is -4.62. The predicted molar refractivity (Wildman–Crippen MR) is 64.8 cm³/mol. The predicted octanol–water partition coefficient (Wildman–Crippen LogP) is 2.86. The van der Waals surface area contributed by atoms with E-state index in [9.17, 15) is 22.4 Å². The molecule has 1 atom stereocenters. The Hall–Kier alpha value is -1.63. The van der Waals surface area contributed by atoms with Crippen LogP contribution in [0.5, 0.6) is 0 Å². The Labute approximate surface area is 113 Å². The molecular formula is C13H15F4NO2. The second-order valence-corrected chi connectivity index (χ2v) is 4.46. The summed E-state index contributed by atoms with van der Waals surface area (Å²) in [6, 6.07) is 1.74. The number of rotatable bonds is 5. The van der Waals surface area contributed by atoms with Gasteiger partial charge in [-0.2, -0.15) is 13.2 Å². The van der Waals surface area contributed by atoms with Crippen LogP contribution >= 0.6 is 0 Å². The summed E-state index contributed by atoms with van der Waals surface area (Å²) in [5.74, 6) is -1.90. The van der Waals surface area contributed by atoms with Gasteiger partial charge in [-0.1, -0.05) is 6.92 Å². The highest BCUT2D eigenvalue weighted by Crippen LogP contribution is 2.30. The van der Waals surface area contributed by atoms with Crippen molar-refractivity contribution in [3.8, 4) is 0 Å². The number of benzene rings is 1. The molecule has 3 nitrogen and oxygen atoms in total. The maximum absolute atomic E-state index is 13.4. The van der Waals surface area contributed by atoms with E-state index in [1.165, 1.54) is 7.11 Å². The fourth-order valence-electron chi connectivity index (χ4n) is 1.58. The Morgan fingerprint density at radius 3 is 2.60 bits per heavy atom. The second kappa shape index (κ2) is 6.69. The number of amides is 1. The third-order valence-electron chi connectivity index (χ3n) is 2.60. The van der Waals surface area contributed by atoms with E-state index >= 15 is 0 Å². The van der Waals surface area contributed by atoms with Crippen molar-refractivity contribution >= 4 is 5.91 Å². The molecule has 20 heavy (non-hydrogen) atoms. The maximum atomic E-state index is 13.4. The van der Waals surface area contributed by atoms with Crippen molar-refractivity contribution in [1.29, 1.82) is 0 Å². The van der Waals surface area contributed by atoms with Gasteiger partial charge in [-0.3, -0.25) is 4.79 Å². The van der Waals surface area contributed by atoms with Gasteiger partial charge in [0.25, 0.3) is 5.91 Å². The number of ether oxygens (including phenoxy) is 1. The summed E-state index contributed by atoms with van der Waals surface area (Å²) < 4.78 is 55.8. The summed E-state index contributed by atoms with van der Waals surface area (Å²) in [5, 5.41) is 2.38. The summed E-state index contributed by atoms with van der Waals surface area (Å²) in [6.07, 6.45) is -4.62. The van der Waals surface area contributed by atoms with Gasteiger partial charge in [-0.05, 0) is 24.1 Å². The Kier molecular flexibility index (Phi) is 5.50. The molecule has 0 aromatic heterocycles. The van der Waals surface area contributed by atoms with Crippen LogP contribution in [0.2, 0.25) is 0 Å². The Morgan fingerprint density at radius 2 is 2.05 bits per heavy atom. The minimum Gasteiger partial charge on any atom is -0.384 e. The van der Waals surface area contributed by atoms with Crippen molar-refractivity contribution < 1.29 is 27.1 Å². The fourth-order valence-corrected chi connectivity index (χ4v) is 1.58. The molecule has 1 amide bonds. The van der Waals surface area contributed by atoms with Crippen LogP contribution in [0.3, 0.4) is 0 Å². The molecule has 0 saturated carbocycles. The van der Waals surface area contributed by atoms with Crippen molar-refractivity contribution in [2.24, 2.45) is 5.92 Å². The number of methoxy groups -OCH3 is 1. The van der Waals surface area contributed by atoms with E-state index in [4.69, 9.17) is 4.74 Å². The third-order valence-corrected chi connectivity index (χ3v) is 2.60. The van der Waals surface area contributed by atoms with Gasteiger partial charge in [-0.15, -0.1) is 0 Å². The van der Waals surface area contributed by atoms with Gasteiger partial charge >= 0.3 is 6.18 Å². The molecule has 0 spiro atoms. The van der Waals surface area contributed by atoms with Gasteiger partial charge in [0.15, 0.2) is 0 Å². The lowest BCUT2D eigenvalue weighted by Crippen LogP contribution is -2.30. The normalized spacial score (nSPS) is 13.1. The second-order valence-electron chi connectivity index (χ2n) is 4.46. The Bertz CT molecular complexity index is 474. The van der Waals surface area contributed by atoms with Crippen LogP contribution in [0.25, 0.3) is 0 Å². The van der Waals surface area contributed by atoms with E-state index in [0.717, 1.165) is 0 Å². The molecular weight excluding hydrogens is 278 g/mol. The molecule has 0 saturated heterocycles. The number of carbonyl (C=O) groups is 1. The zero-order chi connectivity index (χ0) is 15.3. The molecule has 112 valence electrons. The van der Waals surface area contributed by atoms with E-state index in [1.807, 2.05) is 0 Å². The number of hydrogen-bond donors (Lipinski definition) is 1. The molecule has 1 N–H and O–H groups in total. The van der Waals surface area contributed by atoms with Crippen LogP contribution in [0.15, 0.2) is 18.2 Å². The average molecular weight is 293 g/mol. The highest BCUT2D eigenvalue weighted by atomic mass is 19.4. The van der Waals surface area contributed by atoms with Crippen LogP contribution in [0, 0.1) is 11.7 Å². The first-order valence-electron chi connectivity index (χ1n) is 5.89. The van der Waals surface area contributed by atoms with Gasteiger partial charge in [0.2, 0.25) is 0 Å². The first-order valence-corrected chi connectivity index (χ1v) is 5.89. The lowest BCUT2D eigenvalue weighted by Gasteiger charge is -2.13. The van der Waals surface area contributed by atoms with Crippen LogP contribution in [-0.2, 0) is 10.9 Å². The number of carbonyl (C=O) groups excluding carboxylic acids is 1. The SMILES string of the molecule is COCC(C)CNC(=O)c1cc(C(F)(F)F)ccc1F. The first kappa shape index (κ1) is 16.4. The summed E-state index contributed by atoms with van der Waals surface area (Å²) in [6.45, 7) is 2.35. The molecule has 7 heteroatoms. The van der Waals surface area contributed by atoms with Crippen molar-refractivity contribution in [1.82, 2.24) is 5.32 Å². The summed E-state index contributed by atoms with van der Waals surface area (Å²) in [7, 11) is 1.49. The fraction of sp³-hybridized carbons (Fsp3) is 0.462. The molecule has 1 unspecified atom stereocenters. The minimum absolute atomic E-state index is 0.0298. The summed E-state index contributed by atoms with van der Waals surface area (Å²) >= 11 is 0. The van der Waals surface area contributed by atoms with Crippen molar-refractivity contribution in [2.75, 3.05) is 20.3 Å². The molecule has 0 bridgehead atoms. The highest BCUT2D eigenvalue weighted by Gasteiger charge is 2.31. The number of hydrogen-bond acceptors (Lipinski definition) is 2. The highest BCUT2D eigenvalue weighted by molar-refractivity contribution is 5.94. The van der Waals surface area contributed by atoms with Crippen LogP contribution in [-0.4, -0.2) is 26.2 Å². The molecule has 0 heterocycles. The zero-order valence-electron chi connectivity index (χ0n) is 11.1. The van der Waals surface area contributed by atoms with Gasteiger partial charge in [0, 0.05) is 13.7 Å². The topological polar surface area (TPSA) is 38.3 Å². The van der Waals surface area contributed by atoms with E-state index < -0.39 is 29.0 Å². The maximum Gasteiger partial charge on any atom is 0.416 e. The van der Waals surface area contributed by atoms with Gasteiger partial charge in [-0.25, -0.2) is 4.39 Å². The Morgan fingerprint density at radius 1 is 1.40 bits per heavy atom. The van der Waals surface area contributed by atoms with Crippen molar-refractivity contribution in [3.05, 3.63) is 35.1 Å². The number of nitrogens with one attached hydrogen (secondary N) is 1. The summed E-state index contributed by atoms with van der Waals surface area (Å²) in [4.78, 5) is 11.7. The lowest BCUT2D eigenvalue weighted by molar-refractivity contribution is -0.137. The molecule has 0 aliphatic heterocycles. The molecule has 0 fully saturated rings. The molecule has 0 aliphatic rings. The standard InChI is InChI=1S/C13H15F4NO2/c1-8(7-20-2)6-18-12(19)10-5-9(13(15,16)17)3-4-11(10)14/h3-5,8H,6-7H2,1-2H3,(H,18,19). The van der Waals surface area contributed by atoms with E-state index in [0.29, 0.717) is 24.8 Å². The smallest absolute Gasteiger partial charge is 0.384 e. The molecule has 0 radical (unpaired) electrons. The first-order chi connectivity index (χ1) is 9.25. The van der Waals surface area contributed by atoms with E-state index in [-0.39, 0.29) is 12.5 Å². The van der Waals surface area contributed by atoms with Gasteiger partial charge < -0.3 is 10.1 Å². The third kappa shape index (κ3) is 4.48. The summed E-state index contributed by atoms with van der Waals surface area (Å²) in [5.41, 5.74) is -1.68. The van der Waals surface area contributed by atoms with Crippen LogP contribution in [0.4, 0.5) is 17.6 Å². The number of alkyl halides is 3. The lowest BCUT2D eigenvalue weighted by atomic mass is 10.1. The number of halogens is 4. The van der Waals surface area contributed by atoms with Gasteiger partial charge in [0.1, 0.15) is 5.82 Å². The Balaban J connectivity index is 2.82. The van der Waals surface area contributed by atoms with Crippen molar-refractivity contribution in [3.63, 3.8) is 0 Å². The van der Waals surface area contributed by atoms with Crippen LogP contribution in [0.1, 0.15) is 22.8 Å². The van der Waals surface area contributed by atoms with E-state index in [1.54, 1.807) is 6.92 Å². The monoisotopic (exact) mass is 293 g/mol. The molecule has 1 rings (SSSR count).